The Labute approximate surface area is 120 Å². The Kier molecular flexibility index (Phi) is 3.23. The lowest BCUT2D eigenvalue weighted by atomic mass is 9.60. The maximum Gasteiger partial charge on any atom is 0.0466 e. The van der Waals surface area contributed by atoms with Gasteiger partial charge in [0.1, 0.15) is 0 Å². The molecule has 0 unspecified atom stereocenters. The van der Waals surface area contributed by atoms with Gasteiger partial charge in [-0.25, -0.2) is 0 Å². The molecule has 1 fully saturated rings. The van der Waals surface area contributed by atoms with Gasteiger partial charge >= 0.3 is 0 Å². The first-order valence-electron chi connectivity index (χ1n) is 6.81. The number of hydrogen-bond donors (Lipinski definition) is 1. The molecule has 2 N–H and O–H groups in total. The van der Waals surface area contributed by atoms with Gasteiger partial charge in [0.2, 0.25) is 0 Å². The molecule has 17 heavy (non-hydrogen) atoms. The highest BCUT2D eigenvalue weighted by atomic mass is 127. The molecular formula is C15H26IN. The summed E-state index contributed by atoms with van der Waals surface area (Å²) in [5.74, 6) is 1.30. The van der Waals surface area contributed by atoms with E-state index in [1.165, 1.54) is 18.4 Å². The van der Waals surface area contributed by atoms with Gasteiger partial charge in [0.05, 0.1) is 0 Å². The van der Waals surface area contributed by atoms with Crippen molar-refractivity contribution in [2.45, 2.75) is 62.8 Å². The van der Waals surface area contributed by atoms with E-state index in [4.69, 9.17) is 5.73 Å². The van der Waals surface area contributed by atoms with Gasteiger partial charge in [-0.05, 0) is 43.4 Å². The largest absolute Gasteiger partial charge is 0.323 e. The Morgan fingerprint density at radius 2 is 1.94 bits per heavy atom. The zero-order chi connectivity index (χ0) is 13.1. The zero-order valence-electron chi connectivity index (χ0n) is 11.8. The van der Waals surface area contributed by atoms with Crippen LogP contribution in [-0.2, 0) is 0 Å². The fourth-order valence-electron chi connectivity index (χ4n) is 4.00. The van der Waals surface area contributed by atoms with Crippen LogP contribution in [0.25, 0.3) is 0 Å². The molecule has 4 atom stereocenters. The van der Waals surface area contributed by atoms with Crippen molar-refractivity contribution in [3.63, 3.8) is 0 Å². The van der Waals surface area contributed by atoms with Gasteiger partial charge in [0.15, 0.2) is 0 Å². The molecule has 0 spiro atoms. The number of nitrogens with two attached hydrogens (primary N) is 1. The summed E-state index contributed by atoms with van der Waals surface area (Å²) >= 11 is 2.69. The van der Waals surface area contributed by atoms with E-state index in [1.807, 2.05) is 0 Å². The molecule has 1 nitrogen and oxygen atoms in total. The van der Waals surface area contributed by atoms with Crippen LogP contribution >= 0.6 is 22.6 Å². The second-order valence-corrected chi connectivity index (χ2v) is 8.79. The third kappa shape index (κ3) is 1.59. The third-order valence-electron chi connectivity index (χ3n) is 6.13. The monoisotopic (exact) mass is 347 g/mol. The van der Waals surface area contributed by atoms with Crippen molar-refractivity contribution >= 4 is 22.6 Å². The second kappa shape index (κ2) is 3.96. The number of allylic oxidation sites excluding steroid dienone is 2. The summed E-state index contributed by atoms with van der Waals surface area (Å²) in [4.78, 5) is 0. The SMILES string of the molecule is CC1=CC[C@]2(I)[C@@H](C)CC[C@@]2(N)C(C)(C)[C@H]1C. The molecule has 0 heterocycles. The van der Waals surface area contributed by atoms with Crippen molar-refractivity contribution in [1.82, 2.24) is 0 Å². The summed E-state index contributed by atoms with van der Waals surface area (Å²) in [5, 5.41) is 0. The summed E-state index contributed by atoms with van der Waals surface area (Å²) in [5.41, 5.74) is 8.65. The number of alkyl halides is 1. The Balaban J connectivity index is 2.57. The lowest BCUT2D eigenvalue weighted by molar-refractivity contribution is 0.0959. The fourth-order valence-corrected chi connectivity index (χ4v) is 5.50. The van der Waals surface area contributed by atoms with Crippen LogP contribution in [0.4, 0.5) is 0 Å². The van der Waals surface area contributed by atoms with Crippen LogP contribution in [0.5, 0.6) is 0 Å². The number of halogens is 1. The van der Waals surface area contributed by atoms with E-state index in [-0.39, 0.29) is 14.4 Å². The maximum atomic E-state index is 6.98. The molecule has 2 aliphatic carbocycles. The molecule has 1 saturated carbocycles. The van der Waals surface area contributed by atoms with Gasteiger partial charge in [0, 0.05) is 8.96 Å². The predicted octanol–water partition coefficient (Wildman–Crippen LogP) is 4.30. The Hall–Kier alpha value is 0.430. The quantitative estimate of drug-likeness (QED) is 0.395. The first-order valence-corrected chi connectivity index (χ1v) is 7.89. The van der Waals surface area contributed by atoms with Crippen molar-refractivity contribution in [2.24, 2.45) is 23.0 Å². The smallest absolute Gasteiger partial charge is 0.0466 e. The summed E-state index contributed by atoms with van der Waals surface area (Å²) in [6.07, 6.45) is 6.05. The maximum absolute atomic E-state index is 6.98. The van der Waals surface area contributed by atoms with E-state index in [2.05, 4.69) is 63.3 Å². The van der Waals surface area contributed by atoms with Gasteiger partial charge in [-0.3, -0.25) is 0 Å². The molecule has 0 saturated heterocycles. The van der Waals surface area contributed by atoms with Crippen LogP contribution in [0.15, 0.2) is 11.6 Å². The van der Waals surface area contributed by atoms with Gasteiger partial charge in [-0.2, -0.15) is 0 Å². The summed E-state index contributed by atoms with van der Waals surface area (Å²) in [6.45, 7) is 11.8. The number of fused-ring (bicyclic) bond motifs is 1. The van der Waals surface area contributed by atoms with Crippen LogP contribution in [0.1, 0.15) is 53.9 Å². The summed E-state index contributed by atoms with van der Waals surface area (Å²) in [6, 6.07) is 0. The number of hydrogen-bond acceptors (Lipinski definition) is 1. The first kappa shape index (κ1) is 13.9. The van der Waals surface area contributed by atoms with Crippen molar-refractivity contribution in [2.75, 3.05) is 0 Å². The van der Waals surface area contributed by atoms with E-state index >= 15 is 0 Å². The molecule has 2 heteroatoms. The minimum Gasteiger partial charge on any atom is -0.323 e. The van der Waals surface area contributed by atoms with E-state index in [9.17, 15) is 0 Å². The van der Waals surface area contributed by atoms with Crippen LogP contribution in [-0.4, -0.2) is 8.96 Å². The minimum atomic E-state index is -0.0341. The summed E-state index contributed by atoms with van der Waals surface area (Å²) < 4.78 is 0.236. The van der Waals surface area contributed by atoms with Crippen LogP contribution < -0.4 is 5.73 Å². The van der Waals surface area contributed by atoms with E-state index in [0.29, 0.717) is 5.92 Å². The first-order chi connectivity index (χ1) is 7.67. The van der Waals surface area contributed by atoms with Gasteiger partial charge in [-0.1, -0.05) is 61.9 Å². The highest BCUT2D eigenvalue weighted by Crippen LogP contribution is 2.61. The predicted molar refractivity (Wildman–Crippen MR) is 83.4 cm³/mol. The van der Waals surface area contributed by atoms with E-state index < -0.39 is 0 Å². The topological polar surface area (TPSA) is 26.0 Å². The lowest BCUT2D eigenvalue weighted by Crippen LogP contribution is -2.64. The Morgan fingerprint density at radius 3 is 2.53 bits per heavy atom. The average molecular weight is 347 g/mol. The highest BCUT2D eigenvalue weighted by Gasteiger charge is 2.63. The van der Waals surface area contributed by atoms with Crippen molar-refractivity contribution < 1.29 is 0 Å². The Bertz CT molecular complexity index is 360. The van der Waals surface area contributed by atoms with Crippen molar-refractivity contribution in [3.8, 4) is 0 Å². The minimum absolute atomic E-state index is 0.0341. The zero-order valence-corrected chi connectivity index (χ0v) is 14.0. The molecule has 0 aromatic carbocycles. The van der Waals surface area contributed by atoms with Crippen LogP contribution in [0, 0.1) is 17.3 Å². The third-order valence-corrected chi connectivity index (χ3v) is 8.60. The molecule has 2 aliphatic rings. The molecular weight excluding hydrogens is 321 g/mol. The van der Waals surface area contributed by atoms with Crippen LogP contribution in [0.2, 0.25) is 0 Å². The highest BCUT2D eigenvalue weighted by molar-refractivity contribution is 14.1. The molecule has 0 amide bonds. The summed E-state index contributed by atoms with van der Waals surface area (Å²) in [7, 11) is 0. The molecule has 0 radical (unpaired) electrons. The van der Waals surface area contributed by atoms with Gasteiger partial charge in [-0.15, -0.1) is 0 Å². The average Bonchev–Trinajstić information content (AvgIpc) is 2.48. The lowest BCUT2D eigenvalue weighted by Gasteiger charge is -2.52. The standard InChI is InChI=1S/C15H26IN/c1-10-6-8-14(16)11(2)7-9-15(14,17)13(4,5)12(10)3/h6,11-12H,7-9,17H2,1-5H3/t11-,12-,14-,15+/m0/s1. The molecule has 98 valence electrons. The van der Waals surface area contributed by atoms with Gasteiger partial charge in [0.25, 0.3) is 0 Å². The van der Waals surface area contributed by atoms with Crippen LogP contribution in [0.3, 0.4) is 0 Å². The van der Waals surface area contributed by atoms with Gasteiger partial charge < -0.3 is 5.73 Å². The second-order valence-electron chi connectivity index (χ2n) is 6.87. The molecule has 0 bridgehead atoms. The number of rotatable bonds is 0. The normalized spacial score (nSPS) is 49.5. The van der Waals surface area contributed by atoms with Crippen molar-refractivity contribution in [3.05, 3.63) is 11.6 Å². The molecule has 0 aliphatic heterocycles. The Morgan fingerprint density at radius 1 is 1.35 bits per heavy atom. The molecule has 0 aromatic heterocycles. The fraction of sp³-hybridized carbons (Fsp3) is 0.867. The molecule has 0 aromatic rings. The van der Waals surface area contributed by atoms with E-state index in [0.717, 1.165) is 12.3 Å². The van der Waals surface area contributed by atoms with E-state index in [1.54, 1.807) is 0 Å². The molecule has 2 rings (SSSR count). The van der Waals surface area contributed by atoms with Crippen molar-refractivity contribution in [1.29, 1.82) is 0 Å².